The summed E-state index contributed by atoms with van der Waals surface area (Å²) in [7, 11) is 0. The van der Waals surface area contributed by atoms with Crippen LogP contribution in [0, 0.1) is 6.92 Å². The summed E-state index contributed by atoms with van der Waals surface area (Å²) in [6.07, 6.45) is 0.717. The molecule has 1 heterocycles. The first-order chi connectivity index (χ1) is 7.20. The number of imidazole rings is 1. The molecule has 4 heteroatoms. The third kappa shape index (κ3) is 1.99. The molecule has 0 aliphatic heterocycles. The second-order valence-electron chi connectivity index (χ2n) is 3.22. The average molecular weight is 265 g/mol. The van der Waals surface area contributed by atoms with Crippen molar-refractivity contribution in [1.29, 1.82) is 0 Å². The van der Waals surface area contributed by atoms with Gasteiger partial charge in [0.2, 0.25) is 0 Å². The van der Waals surface area contributed by atoms with Crippen LogP contribution in [0.15, 0.2) is 28.7 Å². The van der Waals surface area contributed by atoms with Crippen LogP contribution in [-0.4, -0.2) is 16.3 Å². The summed E-state index contributed by atoms with van der Waals surface area (Å²) < 4.78 is 0.995. The highest BCUT2D eigenvalue weighted by Crippen LogP contribution is 2.23. The molecule has 0 amide bonds. The highest BCUT2D eigenvalue weighted by atomic mass is 79.9. The molecule has 0 atom stereocenters. The topological polar surface area (TPSA) is 45.8 Å². The monoisotopic (exact) mass is 264 g/mol. The van der Waals surface area contributed by atoms with Crippen molar-refractivity contribution in [3.63, 3.8) is 0 Å². The fourth-order valence-electron chi connectivity index (χ4n) is 1.46. The van der Waals surface area contributed by atoms with Gasteiger partial charge in [-0.05, 0) is 19.1 Å². The first-order valence-electron chi connectivity index (χ1n) is 4.48. The Kier molecular flexibility index (Phi) is 2.68. The number of aldehydes is 1. The molecular formula is C11H9BrN2O. The van der Waals surface area contributed by atoms with E-state index in [1.165, 1.54) is 0 Å². The summed E-state index contributed by atoms with van der Waals surface area (Å²) in [6.45, 7) is 1.90. The molecule has 3 nitrogen and oxygen atoms in total. The number of halogens is 1. The quantitative estimate of drug-likeness (QED) is 0.848. The number of nitrogens with one attached hydrogen (secondary N) is 1. The summed E-state index contributed by atoms with van der Waals surface area (Å²) in [4.78, 5) is 17.7. The summed E-state index contributed by atoms with van der Waals surface area (Å²) in [5.41, 5.74) is 2.71. The van der Waals surface area contributed by atoms with E-state index >= 15 is 0 Å². The van der Waals surface area contributed by atoms with E-state index in [1.54, 1.807) is 0 Å². The van der Waals surface area contributed by atoms with Gasteiger partial charge >= 0.3 is 0 Å². The molecule has 0 aliphatic carbocycles. The highest BCUT2D eigenvalue weighted by molar-refractivity contribution is 9.10. The third-order valence-electron chi connectivity index (χ3n) is 2.11. The average Bonchev–Trinajstić information content (AvgIpc) is 2.60. The Bertz CT molecular complexity index is 505. The van der Waals surface area contributed by atoms with Gasteiger partial charge in [-0.2, -0.15) is 0 Å². The van der Waals surface area contributed by atoms with Crippen molar-refractivity contribution in [2.45, 2.75) is 6.92 Å². The van der Waals surface area contributed by atoms with E-state index in [0.717, 1.165) is 21.4 Å². The molecule has 0 unspecified atom stereocenters. The number of rotatable bonds is 2. The SMILES string of the molecule is Cc1[nH]c(C=O)nc1-c1cccc(Br)c1. The van der Waals surface area contributed by atoms with E-state index in [9.17, 15) is 4.79 Å². The standard InChI is InChI=1S/C11H9BrN2O/c1-7-11(14-10(6-15)13-7)8-3-2-4-9(12)5-8/h2-6H,1H3,(H,13,14). The number of H-pyrrole nitrogens is 1. The molecule has 1 N–H and O–H groups in total. The molecule has 0 spiro atoms. The predicted octanol–water partition coefficient (Wildman–Crippen LogP) is 2.96. The van der Waals surface area contributed by atoms with Crippen LogP contribution in [0.4, 0.5) is 0 Å². The first kappa shape index (κ1) is 10.1. The van der Waals surface area contributed by atoms with Crippen molar-refractivity contribution in [2.24, 2.45) is 0 Å². The van der Waals surface area contributed by atoms with Crippen LogP contribution in [0.5, 0.6) is 0 Å². The lowest BCUT2D eigenvalue weighted by Crippen LogP contribution is -1.82. The minimum Gasteiger partial charge on any atom is -0.339 e. The Hall–Kier alpha value is -1.42. The van der Waals surface area contributed by atoms with E-state index in [0.29, 0.717) is 12.1 Å². The maximum absolute atomic E-state index is 10.6. The fourth-order valence-corrected chi connectivity index (χ4v) is 1.86. The molecule has 1 aromatic carbocycles. The molecule has 0 saturated carbocycles. The van der Waals surface area contributed by atoms with Crippen LogP contribution >= 0.6 is 15.9 Å². The molecular weight excluding hydrogens is 256 g/mol. The Balaban J connectivity index is 2.53. The largest absolute Gasteiger partial charge is 0.339 e. The van der Waals surface area contributed by atoms with Gasteiger partial charge < -0.3 is 4.98 Å². The van der Waals surface area contributed by atoms with Gasteiger partial charge in [0.05, 0.1) is 5.69 Å². The van der Waals surface area contributed by atoms with Crippen molar-refractivity contribution in [1.82, 2.24) is 9.97 Å². The van der Waals surface area contributed by atoms with Gasteiger partial charge in [0.15, 0.2) is 12.1 Å². The van der Waals surface area contributed by atoms with Crippen molar-refractivity contribution >= 4 is 22.2 Å². The summed E-state index contributed by atoms with van der Waals surface area (Å²) >= 11 is 3.40. The number of benzene rings is 1. The molecule has 76 valence electrons. The van der Waals surface area contributed by atoms with E-state index in [-0.39, 0.29) is 0 Å². The first-order valence-corrected chi connectivity index (χ1v) is 5.27. The maximum atomic E-state index is 10.6. The number of hydrogen-bond acceptors (Lipinski definition) is 2. The van der Waals surface area contributed by atoms with Crippen molar-refractivity contribution in [3.05, 3.63) is 40.3 Å². The Morgan fingerprint density at radius 2 is 2.27 bits per heavy atom. The number of carbonyl (C=O) groups is 1. The third-order valence-corrected chi connectivity index (χ3v) is 2.61. The Labute approximate surface area is 95.7 Å². The van der Waals surface area contributed by atoms with Crippen LogP contribution in [0.2, 0.25) is 0 Å². The minimum atomic E-state index is 0.363. The van der Waals surface area contributed by atoms with Crippen LogP contribution in [-0.2, 0) is 0 Å². The molecule has 2 aromatic rings. The number of aryl methyl sites for hydroxylation is 1. The number of aromatic amines is 1. The summed E-state index contributed by atoms with van der Waals surface area (Å²) in [5, 5.41) is 0. The number of carbonyl (C=O) groups excluding carboxylic acids is 1. The van der Waals surface area contributed by atoms with Crippen molar-refractivity contribution in [3.8, 4) is 11.3 Å². The smallest absolute Gasteiger partial charge is 0.185 e. The van der Waals surface area contributed by atoms with E-state index in [1.807, 2.05) is 31.2 Å². The molecule has 0 saturated heterocycles. The van der Waals surface area contributed by atoms with Gasteiger partial charge in [-0.15, -0.1) is 0 Å². The van der Waals surface area contributed by atoms with Gasteiger partial charge in [0.1, 0.15) is 0 Å². The molecule has 0 bridgehead atoms. The van der Waals surface area contributed by atoms with Gasteiger partial charge in [0, 0.05) is 15.7 Å². The number of aromatic nitrogens is 2. The van der Waals surface area contributed by atoms with Gasteiger partial charge in [0.25, 0.3) is 0 Å². The second-order valence-corrected chi connectivity index (χ2v) is 4.14. The lowest BCUT2D eigenvalue weighted by molar-refractivity contribution is 0.111. The van der Waals surface area contributed by atoms with E-state index < -0.39 is 0 Å². The molecule has 2 rings (SSSR count). The van der Waals surface area contributed by atoms with Gasteiger partial charge in [-0.25, -0.2) is 4.98 Å². The summed E-state index contributed by atoms with van der Waals surface area (Å²) in [5.74, 6) is 0.363. The minimum absolute atomic E-state index is 0.363. The van der Waals surface area contributed by atoms with Gasteiger partial charge in [-0.1, -0.05) is 28.1 Å². The highest BCUT2D eigenvalue weighted by Gasteiger charge is 2.08. The lowest BCUT2D eigenvalue weighted by Gasteiger charge is -1.98. The van der Waals surface area contributed by atoms with Crippen LogP contribution < -0.4 is 0 Å². The van der Waals surface area contributed by atoms with Crippen LogP contribution in [0.25, 0.3) is 11.3 Å². The van der Waals surface area contributed by atoms with E-state index in [2.05, 4.69) is 25.9 Å². The van der Waals surface area contributed by atoms with E-state index in [4.69, 9.17) is 0 Å². The predicted molar refractivity (Wildman–Crippen MR) is 61.8 cm³/mol. The zero-order valence-corrected chi connectivity index (χ0v) is 9.71. The normalized spacial score (nSPS) is 10.3. The zero-order valence-electron chi connectivity index (χ0n) is 8.12. The molecule has 1 aromatic heterocycles. The van der Waals surface area contributed by atoms with Crippen molar-refractivity contribution in [2.75, 3.05) is 0 Å². The second kappa shape index (κ2) is 3.98. The van der Waals surface area contributed by atoms with Crippen LogP contribution in [0.3, 0.4) is 0 Å². The lowest BCUT2D eigenvalue weighted by atomic mass is 10.1. The van der Waals surface area contributed by atoms with Crippen LogP contribution in [0.1, 0.15) is 16.3 Å². The molecule has 0 fully saturated rings. The number of hydrogen-bond donors (Lipinski definition) is 1. The zero-order chi connectivity index (χ0) is 10.8. The summed E-state index contributed by atoms with van der Waals surface area (Å²) in [6, 6.07) is 7.82. The fraction of sp³-hybridized carbons (Fsp3) is 0.0909. The Morgan fingerprint density at radius 3 is 2.87 bits per heavy atom. The molecule has 0 radical (unpaired) electrons. The molecule has 15 heavy (non-hydrogen) atoms. The Morgan fingerprint density at radius 1 is 1.47 bits per heavy atom. The van der Waals surface area contributed by atoms with Gasteiger partial charge in [-0.3, -0.25) is 4.79 Å². The maximum Gasteiger partial charge on any atom is 0.185 e. The molecule has 0 aliphatic rings. The number of nitrogens with zero attached hydrogens (tertiary/aromatic N) is 1. The van der Waals surface area contributed by atoms with Crippen molar-refractivity contribution < 1.29 is 4.79 Å².